The van der Waals surface area contributed by atoms with Crippen molar-refractivity contribution in [1.82, 2.24) is 0 Å². The van der Waals surface area contributed by atoms with Crippen molar-refractivity contribution in [3.8, 4) is 0 Å². The summed E-state index contributed by atoms with van der Waals surface area (Å²) in [5, 5.41) is 0. The van der Waals surface area contributed by atoms with Gasteiger partial charge in [-0.15, -0.1) is 0 Å². The predicted octanol–water partition coefficient (Wildman–Crippen LogP) is 2.11. The van der Waals surface area contributed by atoms with E-state index in [9.17, 15) is 13.2 Å². The van der Waals surface area contributed by atoms with Crippen LogP contribution in [-0.2, 0) is 19.4 Å². The summed E-state index contributed by atoms with van der Waals surface area (Å²) in [5.74, 6) is -1.23. The Hall–Kier alpha value is -1.83. The summed E-state index contributed by atoms with van der Waals surface area (Å²) in [6.07, 6.45) is 0. The van der Waals surface area contributed by atoms with Crippen LogP contribution in [0.5, 0.6) is 0 Å². The fraction of sp³-hybridized carbons (Fsp3) is 0.188. The predicted molar refractivity (Wildman–Crippen MR) is 89.1 cm³/mol. The molecule has 0 fully saturated rings. The van der Waals surface area contributed by atoms with E-state index < -0.39 is 27.6 Å². The lowest BCUT2D eigenvalue weighted by Crippen LogP contribution is -2.38. The first-order valence-electron chi connectivity index (χ1n) is 6.81. The Labute approximate surface area is 139 Å². The number of rotatable bonds is 6. The third-order valence-electron chi connectivity index (χ3n) is 3.06. The first-order chi connectivity index (χ1) is 10.9. The Morgan fingerprint density at radius 3 is 2.22 bits per heavy atom. The zero-order chi connectivity index (χ0) is 16.9. The van der Waals surface area contributed by atoms with E-state index in [-0.39, 0.29) is 4.90 Å². The molecule has 0 bridgehead atoms. The van der Waals surface area contributed by atoms with Crippen molar-refractivity contribution in [3.05, 3.63) is 54.6 Å². The molecular weight excluding hydrogens is 334 g/mol. The second-order valence-electron chi connectivity index (χ2n) is 4.80. The van der Waals surface area contributed by atoms with Gasteiger partial charge in [0.25, 0.3) is 0 Å². The van der Waals surface area contributed by atoms with Crippen molar-refractivity contribution in [1.29, 1.82) is 0 Å². The molecule has 2 aromatic rings. The van der Waals surface area contributed by atoms with Crippen LogP contribution in [0.4, 0.5) is 0 Å². The van der Waals surface area contributed by atoms with E-state index in [0.29, 0.717) is 0 Å². The molecule has 2 N–H and O–H groups in total. The van der Waals surface area contributed by atoms with Crippen LogP contribution in [0, 0.1) is 0 Å². The summed E-state index contributed by atoms with van der Waals surface area (Å²) in [6.45, 7) is 0. The van der Waals surface area contributed by atoms with E-state index in [1.807, 2.05) is 30.3 Å². The van der Waals surface area contributed by atoms with Crippen LogP contribution in [0.15, 0.2) is 69.3 Å². The van der Waals surface area contributed by atoms with Gasteiger partial charge < -0.3 is 10.5 Å². The molecule has 2 aromatic carbocycles. The number of hydrogen-bond donors (Lipinski definition) is 1. The molecule has 23 heavy (non-hydrogen) atoms. The summed E-state index contributed by atoms with van der Waals surface area (Å²) in [4.78, 5) is 13.4. The van der Waals surface area contributed by atoms with E-state index in [2.05, 4.69) is 4.74 Å². The Morgan fingerprint density at radius 1 is 1.09 bits per heavy atom. The van der Waals surface area contributed by atoms with E-state index in [1.165, 1.54) is 31.0 Å². The van der Waals surface area contributed by atoms with Crippen molar-refractivity contribution in [2.24, 2.45) is 5.73 Å². The van der Waals surface area contributed by atoms with Crippen molar-refractivity contribution in [2.45, 2.75) is 20.7 Å². The standard InChI is InChI=1S/C16H17NO4S2/c1-21-16(18)15(17)11-23(19,20)14-9-7-13(8-10-14)22-12-5-3-2-4-6-12/h2-10,15H,11,17H2,1H3. The molecule has 0 aromatic heterocycles. The molecule has 0 amide bonds. The van der Waals surface area contributed by atoms with Gasteiger partial charge in [-0.2, -0.15) is 0 Å². The molecule has 2 rings (SSSR count). The molecular formula is C16H17NO4S2. The molecule has 1 atom stereocenters. The summed E-state index contributed by atoms with van der Waals surface area (Å²) in [6, 6.07) is 15.1. The van der Waals surface area contributed by atoms with Gasteiger partial charge in [-0.25, -0.2) is 8.42 Å². The Bertz CT molecular complexity index is 758. The number of carbonyl (C=O) groups excluding carboxylic acids is 1. The van der Waals surface area contributed by atoms with Crippen molar-refractivity contribution in [2.75, 3.05) is 12.9 Å². The Kier molecular flexibility index (Phi) is 5.81. The molecule has 0 aliphatic heterocycles. The summed E-state index contributed by atoms with van der Waals surface area (Å²) in [7, 11) is -2.47. The number of esters is 1. The average Bonchev–Trinajstić information content (AvgIpc) is 2.55. The van der Waals surface area contributed by atoms with Gasteiger partial charge in [-0.3, -0.25) is 4.79 Å². The average molecular weight is 351 g/mol. The first-order valence-corrected chi connectivity index (χ1v) is 9.28. The second kappa shape index (κ2) is 7.63. The van der Waals surface area contributed by atoms with Gasteiger partial charge in [0.1, 0.15) is 6.04 Å². The third kappa shape index (κ3) is 4.82. The zero-order valence-electron chi connectivity index (χ0n) is 12.5. The fourth-order valence-electron chi connectivity index (χ4n) is 1.89. The number of nitrogens with two attached hydrogens (primary N) is 1. The summed E-state index contributed by atoms with van der Waals surface area (Å²) >= 11 is 1.54. The minimum absolute atomic E-state index is 0.134. The summed E-state index contributed by atoms with van der Waals surface area (Å²) in [5.41, 5.74) is 5.53. The van der Waals surface area contributed by atoms with Gasteiger partial charge in [-0.05, 0) is 36.4 Å². The highest BCUT2D eigenvalue weighted by Gasteiger charge is 2.24. The number of carbonyl (C=O) groups is 1. The van der Waals surface area contributed by atoms with Crippen molar-refractivity contribution < 1.29 is 17.9 Å². The maximum absolute atomic E-state index is 12.2. The van der Waals surface area contributed by atoms with E-state index in [4.69, 9.17) is 5.73 Å². The fourth-order valence-corrected chi connectivity index (χ4v) is 4.08. The summed E-state index contributed by atoms with van der Waals surface area (Å²) < 4.78 is 28.9. The van der Waals surface area contributed by atoms with Crippen LogP contribution in [0.2, 0.25) is 0 Å². The molecule has 0 saturated heterocycles. The zero-order valence-corrected chi connectivity index (χ0v) is 14.1. The van der Waals surface area contributed by atoms with Gasteiger partial charge in [0.2, 0.25) is 0 Å². The van der Waals surface area contributed by atoms with Gasteiger partial charge in [0, 0.05) is 9.79 Å². The van der Waals surface area contributed by atoms with Gasteiger partial charge in [-0.1, -0.05) is 30.0 Å². The van der Waals surface area contributed by atoms with Crippen LogP contribution in [0.25, 0.3) is 0 Å². The van der Waals surface area contributed by atoms with Gasteiger partial charge in [0.05, 0.1) is 17.8 Å². The Morgan fingerprint density at radius 2 is 1.65 bits per heavy atom. The highest BCUT2D eigenvalue weighted by Crippen LogP contribution is 2.28. The quantitative estimate of drug-likeness (QED) is 0.802. The molecule has 1 unspecified atom stereocenters. The number of hydrogen-bond acceptors (Lipinski definition) is 6. The monoisotopic (exact) mass is 351 g/mol. The maximum Gasteiger partial charge on any atom is 0.323 e. The lowest BCUT2D eigenvalue weighted by Gasteiger charge is -2.10. The molecule has 5 nitrogen and oxygen atoms in total. The normalized spacial score (nSPS) is 12.6. The minimum atomic E-state index is -3.64. The molecule has 0 aliphatic carbocycles. The first kappa shape index (κ1) is 17.5. The third-order valence-corrected chi connectivity index (χ3v) is 5.87. The van der Waals surface area contributed by atoms with Crippen molar-refractivity contribution in [3.63, 3.8) is 0 Å². The number of ether oxygens (including phenoxy) is 1. The molecule has 0 spiro atoms. The molecule has 0 radical (unpaired) electrons. The van der Waals surface area contributed by atoms with E-state index in [0.717, 1.165) is 9.79 Å². The highest BCUT2D eigenvalue weighted by molar-refractivity contribution is 7.99. The van der Waals surface area contributed by atoms with Crippen LogP contribution in [0.1, 0.15) is 0 Å². The van der Waals surface area contributed by atoms with Crippen LogP contribution >= 0.6 is 11.8 Å². The van der Waals surface area contributed by atoms with E-state index in [1.54, 1.807) is 12.1 Å². The molecule has 0 aliphatic rings. The number of sulfone groups is 1. The van der Waals surface area contributed by atoms with Crippen LogP contribution in [-0.4, -0.2) is 33.3 Å². The number of methoxy groups -OCH3 is 1. The lowest BCUT2D eigenvalue weighted by atomic mass is 10.4. The van der Waals surface area contributed by atoms with Crippen LogP contribution < -0.4 is 5.73 Å². The molecule has 0 heterocycles. The van der Waals surface area contributed by atoms with Crippen LogP contribution in [0.3, 0.4) is 0 Å². The molecule has 0 saturated carbocycles. The molecule has 122 valence electrons. The largest absolute Gasteiger partial charge is 0.468 e. The van der Waals surface area contributed by atoms with E-state index >= 15 is 0 Å². The second-order valence-corrected chi connectivity index (χ2v) is 7.98. The maximum atomic E-state index is 12.2. The Balaban J connectivity index is 2.10. The smallest absolute Gasteiger partial charge is 0.323 e. The lowest BCUT2D eigenvalue weighted by molar-refractivity contribution is -0.141. The van der Waals surface area contributed by atoms with Gasteiger partial charge in [0.15, 0.2) is 9.84 Å². The SMILES string of the molecule is COC(=O)C(N)CS(=O)(=O)c1ccc(Sc2ccccc2)cc1. The topological polar surface area (TPSA) is 86.5 Å². The minimum Gasteiger partial charge on any atom is -0.468 e. The molecule has 7 heteroatoms. The highest BCUT2D eigenvalue weighted by atomic mass is 32.2. The van der Waals surface area contributed by atoms with Crippen molar-refractivity contribution >= 4 is 27.6 Å². The number of benzene rings is 2. The van der Waals surface area contributed by atoms with Gasteiger partial charge >= 0.3 is 5.97 Å².